The summed E-state index contributed by atoms with van der Waals surface area (Å²) in [5, 5.41) is 10.5. The Kier molecular flexibility index (Phi) is 2.69. The van der Waals surface area contributed by atoms with Crippen molar-refractivity contribution in [3.8, 4) is 0 Å². The van der Waals surface area contributed by atoms with Gasteiger partial charge in [0.25, 0.3) is 0 Å². The van der Waals surface area contributed by atoms with Crippen LogP contribution < -0.4 is 0 Å². The molecule has 6 heteroatoms. The van der Waals surface area contributed by atoms with E-state index in [0.29, 0.717) is 9.39 Å². The van der Waals surface area contributed by atoms with Crippen LogP contribution in [-0.4, -0.2) is 15.3 Å². The standard InChI is InChI=1S/C7H7IN2O3/c1-4(11)5-3-6(10(12)13)7(8)9(5)2/h3H,1-2H3. The van der Waals surface area contributed by atoms with Gasteiger partial charge in [0.2, 0.25) is 0 Å². The fraction of sp³-hybridized carbons (Fsp3) is 0.286. The molecular weight excluding hydrogens is 287 g/mol. The maximum Gasteiger partial charge on any atom is 0.301 e. The molecule has 0 spiro atoms. The summed E-state index contributed by atoms with van der Waals surface area (Å²) in [4.78, 5) is 21.0. The van der Waals surface area contributed by atoms with E-state index < -0.39 is 4.92 Å². The molecule has 0 atom stereocenters. The van der Waals surface area contributed by atoms with Gasteiger partial charge in [0, 0.05) is 20.0 Å². The number of rotatable bonds is 2. The number of carbonyl (C=O) groups is 1. The molecule has 1 aromatic rings. The molecule has 1 aromatic heterocycles. The average molecular weight is 294 g/mol. The summed E-state index contributed by atoms with van der Waals surface area (Å²) in [6.45, 7) is 1.38. The molecule has 0 N–H and O–H groups in total. The minimum atomic E-state index is -0.492. The van der Waals surface area contributed by atoms with Crippen molar-refractivity contribution in [1.29, 1.82) is 0 Å². The summed E-state index contributed by atoms with van der Waals surface area (Å²) in [6.07, 6.45) is 0. The van der Waals surface area contributed by atoms with Gasteiger partial charge in [-0.1, -0.05) is 0 Å². The molecule has 0 aliphatic rings. The zero-order valence-corrected chi connectivity index (χ0v) is 9.23. The third-order valence-electron chi connectivity index (χ3n) is 1.70. The number of hydrogen-bond acceptors (Lipinski definition) is 3. The molecule has 1 heterocycles. The number of aromatic nitrogens is 1. The summed E-state index contributed by atoms with van der Waals surface area (Å²) in [6, 6.07) is 1.30. The van der Waals surface area contributed by atoms with Gasteiger partial charge in [-0.25, -0.2) is 0 Å². The molecule has 70 valence electrons. The first kappa shape index (κ1) is 10.2. The van der Waals surface area contributed by atoms with Gasteiger partial charge in [-0.15, -0.1) is 0 Å². The first-order valence-electron chi connectivity index (χ1n) is 3.45. The fourth-order valence-corrected chi connectivity index (χ4v) is 1.64. The Morgan fingerprint density at radius 2 is 2.23 bits per heavy atom. The Balaban J connectivity index is 3.36. The van der Waals surface area contributed by atoms with E-state index in [0.717, 1.165) is 0 Å². The molecule has 0 aliphatic carbocycles. The summed E-state index contributed by atoms with van der Waals surface area (Å²) < 4.78 is 1.98. The van der Waals surface area contributed by atoms with Crippen molar-refractivity contribution in [2.75, 3.05) is 0 Å². The summed E-state index contributed by atoms with van der Waals surface area (Å²) in [7, 11) is 1.63. The Labute approximate surface area is 88.0 Å². The third-order valence-corrected chi connectivity index (χ3v) is 2.97. The highest BCUT2D eigenvalue weighted by molar-refractivity contribution is 14.1. The molecule has 0 saturated carbocycles. The lowest BCUT2D eigenvalue weighted by Gasteiger charge is -1.97. The first-order valence-corrected chi connectivity index (χ1v) is 4.53. The van der Waals surface area contributed by atoms with Crippen molar-refractivity contribution < 1.29 is 9.72 Å². The molecule has 0 amide bonds. The van der Waals surface area contributed by atoms with Gasteiger partial charge in [0.15, 0.2) is 9.48 Å². The van der Waals surface area contributed by atoms with Crippen LogP contribution >= 0.6 is 22.6 Å². The van der Waals surface area contributed by atoms with Gasteiger partial charge in [-0.3, -0.25) is 14.9 Å². The van der Waals surface area contributed by atoms with Gasteiger partial charge in [-0.2, -0.15) is 0 Å². The predicted molar refractivity (Wildman–Crippen MR) is 54.8 cm³/mol. The number of nitro groups is 1. The monoisotopic (exact) mass is 294 g/mol. The molecular formula is C7H7IN2O3. The quantitative estimate of drug-likeness (QED) is 0.361. The van der Waals surface area contributed by atoms with Crippen molar-refractivity contribution in [2.45, 2.75) is 6.92 Å². The number of ketones is 1. The maximum atomic E-state index is 11.0. The van der Waals surface area contributed by atoms with Gasteiger partial charge in [0.05, 0.1) is 10.6 Å². The van der Waals surface area contributed by atoms with Crippen LogP contribution in [0.25, 0.3) is 0 Å². The second kappa shape index (κ2) is 3.44. The summed E-state index contributed by atoms with van der Waals surface area (Å²) >= 11 is 1.84. The SMILES string of the molecule is CC(=O)c1cc([N+](=O)[O-])c(I)n1C. The molecule has 0 saturated heterocycles. The van der Waals surface area contributed by atoms with Crippen LogP contribution in [0.15, 0.2) is 6.07 Å². The van der Waals surface area contributed by atoms with Gasteiger partial charge < -0.3 is 4.57 Å². The van der Waals surface area contributed by atoms with E-state index in [4.69, 9.17) is 0 Å². The maximum absolute atomic E-state index is 11.0. The van der Waals surface area contributed by atoms with Gasteiger partial charge in [-0.05, 0) is 22.6 Å². The normalized spacial score (nSPS) is 10.1. The van der Waals surface area contributed by atoms with Crippen LogP contribution in [-0.2, 0) is 7.05 Å². The highest BCUT2D eigenvalue weighted by atomic mass is 127. The van der Waals surface area contributed by atoms with Crippen molar-refractivity contribution in [3.05, 3.63) is 25.6 Å². The van der Waals surface area contributed by atoms with E-state index in [9.17, 15) is 14.9 Å². The molecule has 0 fully saturated rings. The van der Waals surface area contributed by atoms with Crippen LogP contribution in [0.5, 0.6) is 0 Å². The third kappa shape index (κ3) is 1.71. The van der Waals surface area contributed by atoms with E-state index in [-0.39, 0.29) is 11.5 Å². The van der Waals surface area contributed by atoms with Crippen LogP contribution in [0.4, 0.5) is 5.69 Å². The second-order valence-corrected chi connectivity index (χ2v) is 3.60. The zero-order valence-electron chi connectivity index (χ0n) is 7.07. The topological polar surface area (TPSA) is 65.1 Å². The first-order chi connectivity index (χ1) is 5.95. The molecule has 0 radical (unpaired) electrons. The van der Waals surface area contributed by atoms with Gasteiger partial charge in [0.1, 0.15) is 0 Å². The smallest absolute Gasteiger partial charge is 0.301 e. The Morgan fingerprint density at radius 3 is 2.46 bits per heavy atom. The molecule has 5 nitrogen and oxygen atoms in total. The highest BCUT2D eigenvalue weighted by Gasteiger charge is 2.21. The van der Waals surface area contributed by atoms with E-state index in [1.54, 1.807) is 7.05 Å². The molecule has 0 unspecified atom stereocenters. The van der Waals surface area contributed by atoms with Crippen molar-refractivity contribution in [1.82, 2.24) is 4.57 Å². The number of Topliss-reactive ketones (excluding diaryl/α,β-unsaturated/α-hetero) is 1. The fourth-order valence-electron chi connectivity index (χ4n) is 1.03. The lowest BCUT2D eigenvalue weighted by Crippen LogP contribution is -2.02. The number of halogens is 1. The van der Waals surface area contributed by atoms with Crippen molar-refractivity contribution in [2.24, 2.45) is 7.05 Å². The van der Waals surface area contributed by atoms with Crippen LogP contribution in [0.2, 0.25) is 0 Å². The van der Waals surface area contributed by atoms with Crippen molar-refractivity contribution >= 4 is 34.1 Å². The molecule has 1 rings (SSSR count). The predicted octanol–water partition coefficient (Wildman–Crippen LogP) is 1.74. The Bertz CT molecular complexity index is 349. The zero-order chi connectivity index (χ0) is 10.2. The van der Waals surface area contributed by atoms with E-state index in [1.807, 2.05) is 22.6 Å². The number of hydrogen-bond donors (Lipinski definition) is 0. The second-order valence-electron chi connectivity index (χ2n) is 2.58. The average Bonchev–Trinajstić information content (AvgIpc) is 2.29. The van der Waals surface area contributed by atoms with E-state index in [2.05, 4.69) is 0 Å². The molecule has 0 aromatic carbocycles. The molecule has 0 aliphatic heterocycles. The minimum absolute atomic E-state index is 0.0201. The molecule has 13 heavy (non-hydrogen) atoms. The van der Waals surface area contributed by atoms with Crippen LogP contribution in [0, 0.1) is 13.8 Å². The minimum Gasteiger partial charge on any atom is -0.331 e. The Morgan fingerprint density at radius 1 is 1.69 bits per heavy atom. The Hall–Kier alpha value is -0.920. The van der Waals surface area contributed by atoms with Crippen molar-refractivity contribution in [3.63, 3.8) is 0 Å². The van der Waals surface area contributed by atoms with Crippen LogP contribution in [0.1, 0.15) is 17.4 Å². The van der Waals surface area contributed by atoms with E-state index >= 15 is 0 Å². The van der Waals surface area contributed by atoms with Gasteiger partial charge >= 0.3 is 5.69 Å². The van der Waals surface area contributed by atoms with E-state index in [1.165, 1.54) is 17.6 Å². The molecule has 0 bridgehead atoms. The summed E-state index contributed by atoms with van der Waals surface area (Å²) in [5.74, 6) is -0.173. The summed E-state index contributed by atoms with van der Waals surface area (Å²) in [5.41, 5.74) is 0.337. The largest absolute Gasteiger partial charge is 0.331 e. The lowest BCUT2D eigenvalue weighted by molar-refractivity contribution is -0.385. The lowest BCUT2D eigenvalue weighted by atomic mass is 10.3. The number of nitrogens with zero attached hydrogens (tertiary/aromatic N) is 2. The highest BCUT2D eigenvalue weighted by Crippen LogP contribution is 2.24. The number of carbonyl (C=O) groups excluding carboxylic acids is 1. The van der Waals surface area contributed by atoms with Crippen LogP contribution in [0.3, 0.4) is 0 Å².